The topological polar surface area (TPSA) is 24.1 Å². The van der Waals surface area contributed by atoms with Crippen molar-refractivity contribution in [2.45, 2.75) is 12.0 Å². The summed E-state index contributed by atoms with van der Waals surface area (Å²) in [5.74, 6) is 0. The number of nitrogens with one attached hydrogen (secondary N) is 2. The van der Waals surface area contributed by atoms with Crippen LogP contribution in [0.3, 0.4) is 0 Å². The van der Waals surface area contributed by atoms with Gasteiger partial charge in [-0.2, -0.15) is 0 Å². The third-order valence-electron chi connectivity index (χ3n) is 6.70. The lowest BCUT2D eigenvalue weighted by Crippen LogP contribution is -2.34. The zero-order chi connectivity index (χ0) is 22.8. The predicted molar refractivity (Wildman–Crippen MR) is 145 cm³/mol. The van der Waals surface area contributed by atoms with Gasteiger partial charge in [-0.05, 0) is 41.0 Å². The molecule has 2 nitrogen and oxygen atoms in total. The van der Waals surface area contributed by atoms with Crippen molar-refractivity contribution in [1.82, 2.24) is 0 Å². The van der Waals surface area contributed by atoms with Gasteiger partial charge in [-0.1, -0.05) is 115 Å². The van der Waals surface area contributed by atoms with Gasteiger partial charge in [-0.25, -0.2) is 0 Å². The minimum Gasteiger partial charge on any atom is -0.371 e. The molecule has 0 aliphatic heterocycles. The molecule has 0 saturated heterocycles. The molecule has 0 bridgehead atoms. The maximum atomic E-state index is 3.91. The van der Waals surface area contributed by atoms with Crippen LogP contribution in [-0.2, 0) is 5.54 Å². The van der Waals surface area contributed by atoms with Crippen LogP contribution >= 0.6 is 0 Å². The maximum absolute atomic E-state index is 3.91. The average Bonchev–Trinajstić information content (AvgIpc) is 2.91. The number of benzene rings is 5. The molecule has 34 heavy (non-hydrogen) atoms. The lowest BCUT2D eigenvalue weighted by molar-refractivity contribution is 0.616. The summed E-state index contributed by atoms with van der Waals surface area (Å²) in [6, 6.07) is 40.6. The van der Waals surface area contributed by atoms with E-state index in [-0.39, 0.29) is 5.54 Å². The Morgan fingerprint density at radius 1 is 0.559 bits per heavy atom. The summed E-state index contributed by atoms with van der Waals surface area (Å²) in [6.07, 6.45) is 7.64. The zero-order valence-electron chi connectivity index (χ0n) is 18.9. The van der Waals surface area contributed by atoms with Gasteiger partial charge in [0.2, 0.25) is 0 Å². The first-order chi connectivity index (χ1) is 16.8. The van der Waals surface area contributed by atoms with Gasteiger partial charge in [0.1, 0.15) is 0 Å². The number of hydrogen-bond acceptors (Lipinski definition) is 2. The zero-order valence-corrected chi connectivity index (χ0v) is 18.9. The van der Waals surface area contributed by atoms with E-state index in [4.69, 9.17) is 0 Å². The molecule has 1 atom stereocenters. The third-order valence-corrected chi connectivity index (χ3v) is 6.70. The summed E-state index contributed by atoms with van der Waals surface area (Å²) in [7, 11) is 0. The first kappa shape index (κ1) is 20.3. The second-order valence-corrected chi connectivity index (χ2v) is 8.84. The SMILES string of the molecule is C1=CC(Nc2cccc3ccccc23)(c2ccccc2)CC=C1Nc1cccc2ccccc12. The summed E-state index contributed by atoms with van der Waals surface area (Å²) in [5.41, 5.74) is 4.31. The molecule has 6 rings (SSSR count). The number of allylic oxidation sites excluding steroid dienone is 1. The van der Waals surface area contributed by atoms with Crippen molar-refractivity contribution >= 4 is 32.9 Å². The van der Waals surface area contributed by atoms with Crippen LogP contribution in [0.2, 0.25) is 0 Å². The molecule has 2 N–H and O–H groups in total. The highest BCUT2D eigenvalue weighted by molar-refractivity contribution is 5.95. The van der Waals surface area contributed by atoms with Gasteiger partial charge in [-0.15, -0.1) is 0 Å². The summed E-state index contributed by atoms with van der Waals surface area (Å²) in [5, 5.41) is 12.5. The van der Waals surface area contributed by atoms with Gasteiger partial charge in [0.05, 0.1) is 5.54 Å². The second-order valence-electron chi connectivity index (χ2n) is 8.84. The van der Waals surface area contributed by atoms with Crippen LogP contribution < -0.4 is 10.6 Å². The van der Waals surface area contributed by atoms with Crippen molar-refractivity contribution in [1.29, 1.82) is 0 Å². The van der Waals surface area contributed by atoms with Crippen LogP contribution in [0.25, 0.3) is 21.5 Å². The van der Waals surface area contributed by atoms with Gasteiger partial charge in [0.25, 0.3) is 0 Å². The minimum absolute atomic E-state index is 0.324. The Morgan fingerprint density at radius 3 is 1.82 bits per heavy atom. The smallest absolute Gasteiger partial charge is 0.0849 e. The van der Waals surface area contributed by atoms with Crippen molar-refractivity contribution in [3.8, 4) is 0 Å². The monoisotopic (exact) mass is 438 g/mol. The molecule has 0 heterocycles. The lowest BCUT2D eigenvalue weighted by Gasteiger charge is -2.36. The largest absolute Gasteiger partial charge is 0.371 e. The summed E-state index contributed by atoms with van der Waals surface area (Å²) in [4.78, 5) is 0. The number of anilines is 2. The van der Waals surface area contributed by atoms with Crippen LogP contribution in [0.15, 0.2) is 139 Å². The molecule has 1 unspecified atom stereocenters. The first-order valence-electron chi connectivity index (χ1n) is 11.8. The Bertz CT molecular complexity index is 1520. The standard InChI is InChI=1S/C32H26N2/c1-2-14-26(15-3-1)32(34-31-19-9-13-25-11-5-7-17-29(25)31)22-20-27(21-23-32)33-30-18-8-12-24-10-4-6-16-28(24)30/h1-22,33-34H,23H2. The Balaban J connectivity index is 1.35. The van der Waals surface area contributed by atoms with E-state index < -0.39 is 0 Å². The summed E-state index contributed by atoms with van der Waals surface area (Å²) < 4.78 is 0. The fraction of sp³-hybridized carbons (Fsp3) is 0.0625. The molecule has 2 heteroatoms. The lowest BCUT2D eigenvalue weighted by atomic mass is 9.82. The molecule has 1 aliphatic carbocycles. The Labute approximate surface area is 200 Å². The molecule has 0 radical (unpaired) electrons. The van der Waals surface area contributed by atoms with Crippen molar-refractivity contribution in [3.05, 3.63) is 145 Å². The molecule has 164 valence electrons. The molecule has 5 aromatic rings. The van der Waals surface area contributed by atoms with E-state index in [9.17, 15) is 0 Å². The highest BCUT2D eigenvalue weighted by atomic mass is 15.0. The van der Waals surface area contributed by atoms with E-state index >= 15 is 0 Å². The quantitative estimate of drug-likeness (QED) is 0.289. The van der Waals surface area contributed by atoms with E-state index in [1.807, 2.05) is 0 Å². The average molecular weight is 439 g/mol. The van der Waals surface area contributed by atoms with Crippen molar-refractivity contribution in [3.63, 3.8) is 0 Å². The minimum atomic E-state index is -0.324. The van der Waals surface area contributed by atoms with Gasteiger partial charge in [-0.3, -0.25) is 0 Å². The molecular weight excluding hydrogens is 412 g/mol. The molecule has 0 amide bonds. The number of rotatable bonds is 5. The number of fused-ring (bicyclic) bond motifs is 2. The Hall–Kier alpha value is -4.30. The molecule has 5 aromatic carbocycles. The van der Waals surface area contributed by atoms with E-state index in [0.29, 0.717) is 0 Å². The van der Waals surface area contributed by atoms with E-state index in [1.165, 1.54) is 27.1 Å². The van der Waals surface area contributed by atoms with Crippen molar-refractivity contribution < 1.29 is 0 Å². The second kappa shape index (κ2) is 8.57. The van der Waals surface area contributed by atoms with Gasteiger partial charge in [0.15, 0.2) is 0 Å². The fourth-order valence-electron chi connectivity index (χ4n) is 4.91. The maximum Gasteiger partial charge on any atom is 0.0849 e. The molecule has 1 aliphatic rings. The van der Waals surface area contributed by atoms with E-state index in [2.05, 4.69) is 144 Å². The number of hydrogen-bond donors (Lipinski definition) is 2. The highest BCUT2D eigenvalue weighted by Gasteiger charge is 2.31. The van der Waals surface area contributed by atoms with E-state index in [0.717, 1.165) is 23.5 Å². The van der Waals surface area contributed by atoms with Gasteiger partial charge < -0.3 is 10.6 Å². The Morgan fingerprint density at radius 2 is 1.15 bits per heavy atom. The predicted octanol–water partition coefficient (Wildman–Crippen LogP) is 8.26. The third kappa shape index (κ3) is 3.74. The van der Waals surface area contributed by atoms with Crippen LogP contribution in [0, 0.1) is 0 Å². The van der Waals surface area contributed by atoms with Crippen LogP contribution in [-0.4, -0.2) is 0 Å². The molecule has 0 aromatic heterocycles. The summed E-state index contributed by atoms with van der Waals surface area (Å²) in [6.45, 7) is 0. The molecule has 0 saturated carbocycles. The van der Waals surface area contributed by atoms with Crippen LogP contribution in [0.5, 0.6) is 0 Å². The summed E-state index contributed by atoms with van der Waals surface area (Å²) >= 11 is 0. The Kier molecular flexibility index (Phi) is 5.12. The van der Waals surface area contributed by atoms with Crippen LogP contribution in [0.1, 0.15) is 12.0 Å². The molecule has 0 spiro atoms. The van der Waals surface area contributed by atoms with Crippen molar-refractivity contribution in [2.24, 2.45) is 0 Å². The van der Waals surface area contributed by atoms with E-state index in [1.54, 1.807) is 0 Å². The molecular formula is C32H26N2. The normalized spacial score (nSPS) is 17.5. The van der Waals surface area contributed by atoms with Crippen molar-refractivity contribution in [2.75, 3.05) is 10.6 Å². The van der Waals surface area contributed by atoms with Crippen LogP contribution in [0.4, 0.5) is 11.4 Å². The molecule has 0 fully saturated rings. The fourth-order valence-corrected chi connectivity index (χ4v) is 4.91. The van der Waals surface area contributed by atoms with Gasteiger partial charge in [0, 0.05) is 27.8 Å². The highest BCUT2D eigenvalue weighted by Crippen LogP contribution is 2.38. The van der Waals surface area contributed by atoms with Gasteiger partial charge >= 0.3 is 0 Å². The first-order valence-corrected chi connectivity index (χ1v) is 11.8.